The van der Waals surface area contributed by atoms with Gasteiger partial charge in [-0.3, -0.25) is 0 Å². The number of nitrogens with two attached hydrogens (primary N) is 1. The minimum atomic E-state index is -0.336. The molecule has 1 unspecified atom stereocenters. The van der Waals surface area contributed by atoms with Crippen molar-refractivity contribution in [2.75, 3.05) is 44.5 Å². The van der Waals surface area contributed by atoms with Crippen molar-refractivity contribution in [3.8, 4) is 0 Å². The normalized spacial score (nSPS) is 18.9. The summed E-state index contributed by atoms with van der Waals surface area (Å²) in [6, 6.07) is 5.28. The lowest BCUT2D eigenvalue weighted by Crippen LogP contribution is -2.37. The standard InChI is InChI=1S/C15H22N2O3/c1-19-10-11-4-3-7-17(9-11)14-8-12(15(18)20-2)5-6-13(14)16/h5-6,8,11H,3-4,7,9-10,16H2,1-2H3. The number of nitrogens with zero attached hydrogens (tertiary/aromatic N) is 1. The van der Waals surface area contributed by atoms with Crippen LogP contribution in [0.3, 0.4) is 0 Å². The van der Waals surface area contributed by atoms with E-state index < -0.39 is 0 Å². The van der Waals surface area contributed by atoms with Gasteiger partial charge in [-0.25, -0.2) is 4.79 Å². The molecule has 1 aromatic rings. The molecule has 5 heteroatoms. The number of methoxy groups -OCH3 is 2. The van der Waals surface area contributed by atoms with Crippen LogP contribution in [-0.4, -0.2) is 39.9 Å². The molecule has 5 nitrogen and oxygen atoms in total. The predicted molar refractivity (Wildman–Crippen MR) is 79.0 cm³/mol. The summed E-state index contributed by atoms with van der Waals surface area (Å²) in [5, 5.41) is 0. The lowest BCUT2D eigenvalue weighted by molar-refractivity contribution is 0.0601. The van der Waals surface area contributed by atoms with Crippen LogP contribution in [0.2, 0.25) is 0 Å². The van der Waals surface area contributed by atoms with E-state index in [0.717, 1.165) is 31.8 Å². The number of piperidine rings is 1. The van der Waals surface area contributed by atoms with Gasteiger partial charge < -0.3 is 20.1 Å². The van der Waals surface area contributed by atoms with Crippen LogP contribution in [-0.2, 0) is 9.47 Å². The Morgan fingerprint density at radius 3 is 2.95 bits per heavy atom. The molecule has 0 radical (unpaired) electrons. The average molecular weight is 278 g/mol. The Labute approximate surface area is 119 Å². The Morgan fingerprint density at radius 2 is 2.25 bits per heavy atom. The SMILES string of the molecule is COCC1CCCN(c2cc(C(=O)OC)ccc2N)C1. The van der Waals surface area contributed by atoms with Gasteiger partial charge in [-0.1, -0.05) is 0 Å². The zero-order valence-electron chi connectivity index (χ0n) is 12.1. The van der Waals surface area contributed by atoms with E-state index in [1.165, 1.54) is 13.5 Å². The fourth-order valence-corrected chi connectivity index (χ4v) is 2.72. The predicted octanol–water partition coefficient (Wildman–Crippen LogP) is 1.92. The number of ether oxygens (including phenoxy) is 2. The first-order valence-electron chi connectivity index (χ1n) is 6.87. The number of anilines is 2. The topological polar surface area (TPSA) is 64.8 Å². The second kappa shape index (κ2) is 6.61. The number of esters is 1. The lowest BCUT2D eigenvalue weighted by atomic mass is 9.98. The molecule has 1 atom stereocenters. The molecule has 2 rings (SSSR count). The molecule has 0 aromatic heterocycles. The fourth-order valence-electron chi connectivity index (χ4n) is 2.72. The van der Waals surface area contributed by atoms with Crippen LogP contribution in [0, 0.1) is 5.92 Å². The third-order valence-corrected chi connectivity index (χ3v) is 3.71. The van der Waals surface area contributed by atoms with Gasteiger partial charge in [0.05, 0.1) is 30.7 Å². The number of nitrogen functional groups attached to an aromatic ring is 1. The minimum absolute atomic E-state index is 0.336. The van der Waals surface area contributed by atoms with E-state index in [2.05, 4.69) is 4.90 Å². The van der Waals surface area contributed by atoms with Gasteiger partial charge in [-0.2, -0.15) is 0 Å². The van der Waals surface area contributed by atoms with E-state index in [0.29, 0.717) is 17.2 Å². The van der Waals surface area contributed by atoms with Gasteiger partial charge in [0.1, 0.15) is 0 Å². The number of rotatable bonds is 4. The van der Waals surface area contributed by atoms with Crippen LogP contribution in [0.5, 0.6) is 0 Å². The highest BCUT2D eigenvalue weighted by atomic mass is 16.5. The zero-order chi connectivity index (χ0) is 14.5. The summed E-state index contributed by atoms with van der Waals surface area (Å²) in [6.07, 6.45) is 2.27. The van der Waals surface area contributed by atoms with Crippen LogP contribution in [0.4, 0.5) is 11.4 Å². The number of benzene rings is 1. The molecule has 1 aromatic carbocycles. The van der Waals surface area contributed by atoms with Crippen molar-refractivity contribution in [2.24, 2.45) is 5.92 Å². The molecule has 0 saturated carbocycles. The van der Waals surface area contributed by atoms with Crippen molar-refractivity contribution in [1.29, 1.82) is 0 Å². The second-order valence-corrected chi connectivity index (χ2v) is 5.17. The minimum Gasteiger partial charge on any atom is -0.465 e. The summed E-state index contributed by atoms with van der Waals surface area (Å²) in [6.45, 7) is 2.62. The molecular formula is C15H22N2O3. The molecule has 0 amide bonds. The van der Waals surface area contributed by atoms with Crippen LogP contribution < -0.4 is 10.6 Å². The molecule has 0 bridgehead atoms. The Balaban J connectivity index is 2.20. The largest absolute Gasteiger partial charge is 0.465 e. The van der Waals surface area contributed by atoms with Gasteiger partial charge in [-0.05, 0) is 37.0 Å². The smallest absolute Gasteiger partial charge is 0.337 e. The molecule has 0 aliphatic carbocycles. The molecular weight excluding hydrogens is 256 g/mol. The van der Waals surface area contributed by atoms with Crippen molar-refractivity contribution in [3.63, 3.8) is 0 Å². The van der Waals surface area contributed by atoms with Crippen LogP contribution >= 0.6 is 0 Å². The summed E-state index contributed by atoms with van der Waals surface area (Å²) >= 11 is 0. The lowest BCUT2D eigenvalue weighted by Gasteiger charge is -2.35. The number of carbonyl (C=O) groups excluding carboxylic acids is 1. The summed E-state index contributed by atoms with van der Waals surface area (Å²) in [4.78, 5) is 13.9. The number of hydrogen-bond donors (Lipinski definition) is 1. The molecule has 1 saturated heterocycles. The number of hydrogen-bond acceptors (Lipinski definition) is 5. The second-order valence-electron chi connectivity index (χ2n) is 5.17. The Hall–Kier alpha value is -1.75. The summed E-state index contributed by atoms with van der Waals surface area (Å²) in [5.74, 6) is 0.173. The van der Waals surface area contributed by atoms with Crippen molar-refractivity contribution >= 4 is 17.3 Å². The van der Waals surface area contributed by atoms with Gasteiger partial charge in [0, 0.05) is 20.2 Å². The van der Waals surface area contributed by atoms with E-state index in [1.807, 2.05) is 6.07 Å². The molecule has 1 aliphatic heterocycles. The molecule has 1 aliphatic rings. The number of carbonyl (C=O) groups is 1. The van der Waals surface area contributed by atoms with Crippen LogP contribution in [0.1, 0.15) is 23.2 Å². The molecule has 110 valence electrons. The Morgan fingerprint density at radius 1 is 1.45 bits per heavy atom. The van der Waals surface area contributed by atoms with Crippen molar-refractivity contribution in [1.82, 2.24) is 0 Å². The fraction of sp³-hybridized carbons (Fsp3) is 0.533. The van der Waals surface area contributed by atoms with Gasteiger partial charge in [0.2, 0.25) is 0 Å². The van der Waals surface area contributed by atoms with E-state index in [9.17, 15) is 4.79 Å². The molecule has 2 N–H and O–H groups in total. The van der Waals surface area contributed by atoms with E-state index >= 15 is 0 Å². The first-order chi connectivity index (χ1) is 9.65. The van der Waals surface area contributed by atoms with E-state index in [-0.39, 0.29) is 5.97 Å². The Kier molecular flexibility index (Phi) is 4.84. The van der Waals surface area contributed by atoms with Gasteiger partial charge >= 0.3 is 5.97 Å². The molecule has 1 fully saturated rings. The highest BCUT2D eigenvalue weighted by molar-refractivity contribution is 5.92. The van der Waals surface area contributed by atoms with Gasteiger partial charge in [0.25, 0.3) is 0 Å². The molecule has 1 heterocycles. The van der Waals surface area contributed by atoms with Crippen molar-refractivity contribution in [3.05, 3.63) is 23.8 Å². The quantitative estimate of drug-likeness (QED) is 0.673. The third-order valence-electron chi connectivity index (χ3n) is 3.71. The van der Waals surface area contributed by atoms with E-state index in [4.69, 9.17) is 15.2 Å². The molecule has 20 heavy (non-hydrogen) atoms. The van der Waals surface area contributed by atoms with Gasteiger partial charge in [-0.15, -0.1) is 0 Å². The third kappa shape index (κ3) is 3.22. The average Bonchev–Trinajstić information content (AvgIpc) is 2.47. The zero-order valence-corrected chi connectivity index (χ0v) is 12.1. The first-order valence-corrected chi connectivity index (χ1v) is 6.87. The summed E-state index contributed by atoms with van der Waals surface area (Å²) in [5.41, 5.74) is 8.19. The van der Waals surface area contributed by atoms with Crippen LogP contribution in [0.15, 0.2) is 18.2 Å². The van der Waals surface area contributed by atoms with Crippen molar-refractivity contribution in [2.45, 2.75) is 12.8 Å². The summed E-state index contributed by atoms with van der Waals surface area (Å²) < 4.78 is 10.0. The first kappa shape index (κ1) is 14.7. The van der Waals surface area contributed by atoms with Crippen LogP contribution in [0.25, 0.3) is 0 Å². The van der Waals surface area contributed by atoms with E-state index in [1.54, 1.807) is 19.2 Å². The maximum atomic E-state index is 11.6. The Bertz CT molecular complexity index is 474. The summed E-state index contributed by atoms with van der Waals surface area (Å²) in [7, 11) is 3.11. The van der Waals surface area contributed by atoms with Gasteiger partial charge in [0.15, 0.2) is 0 Å². The maximum Gasteiger partial charge on any atom is 0.337 e. The van der Waals surface area contributed by atoms with Crippen molar-refractivity contribution < 1.29 is 14.3 Å². The monoisotopic (exact) mass is 278 g/mol. The molecule has 0 spiro atoms. The highest BCUT2D eigenvalue weighted by Gasteiger charge is 2.22. The highest BCUT2D eigenvalue weighted by Crippen LogP contribution is 2.29. The maximum absolute atomic E-state index is 11.6.